The first-order valence-electron chi connectivity index (χ1n) is 4.68. The number of hydrogen-bond acceptors (Lipinski definition) is 2. The number of carboxylic acid groups (broad SMARTS) is 1. The lowest BCUT2D eigenvalue weighted by atomic mass is 9.85. The summed E-state index contributed by atoms with van der Waals surface area (Å²) in [5.74, 6) is -1.84. The van der Waals surface area contributed by atoms with Gasteiger partial charge in [-0.1, -0.05) is 27.7 Å². The van der Waals surface area contributed by atoms with E-state index in [9.17, 15) is 9.59 Å². The highest BCUT2D eigenvalue weighted by molar-refractivity contribution is 5.87. The Morgan fingerprint density at radius 2 is 1.62 bits per heavy atom. The minimum absolute atomic E-state index is 0.0307. The summed E-state index contributed by atoms with van der Waals surface area (Å²) in [6, 6.07) is 0. The molecule has 0 bridgehead atoms. The minimum atomic E-state index is -0.899. The van der Waals surface area contributed by atoms with Gasteiger partial charge in [0, 0.05) is 11.8 Å². The van der Waals surface area contributed by atoms with Crippen LogP contribution in [0.15, 0.2) is 0 Å². The lowest BCUT2D eigenvalue weighted by molar-refractivity contribution is -0.146. The number of ketones is 1. The van der Waals surface area contributed by atoms with Gasteiger partial charge in [0.25, 0.3) is 0 Å². The molecule has 0 aromatic rings. The summed E-state index contributed by atoms with van der Waals surface area (Å²) >= 11 is 0. The second-order valence-electron chi connectivity index (χ2n) is 3.63. The molecule has 76 valence electrons. The van der Waals surface area contributed by atoms with Gasteiger partial charge < -0.3 is 5.11 Å². The number of aliphatic carboxylic acids is 1. The maximum atomic E-state index is 11.6. The molecular formula is C10H18O3. The Kier molecular flexibility index (Phi) is 4.67. The Labute approximate surface area is 79.1 Å². The summed E-state index contributed by atoms with van der Waals surface area (Å²) in [6.07, 6.45) is 0.773. The van der Waals surface area contributed by atoms with Crippen LogP contribution >= 0.6 is 0 Å². The molecule has 0 aliphatic carbocycles. The van der Waals surface area contributed by atoms with Crippen molar-refractivity contribution in [2.45, 2.75) is 34.1 Å². The Morgan fingerprint density at radius 3 is 1.92 bits per heavy atom. The van der Waals surface area contributed by atoms with Crippen molar-refractivity contribution in [3.63, 3.8) is 0 Å². The molecule has 3 heteroatoms. The molecule has 0 aromatic heterocycles. The van der Waals surface area contributed by atoms with Gasteiger partial charge in [-0.15, -0.1) is 0 Å². The molecule has 0 amide bonds. The van der Waals surface area contributed by atoms with Gasteiger partial charge in [0.2, 0.25) is 0 Å². The van der Waals surface area contributed by atoms with E-state index in [-0.39, 0.29) is 17.6 Å². The first-order valence-corrected chi connectivity index (χ1v) is 4.68. The normalized spacial score (nSPS) is 17.5. The molecule has 0 saturated carbocycles. The van der Waals surface area contributed by atoms with Crippen LogP contribution in [0.2, 0.25) is 0 Å². The smallest absolute Gasteiger partial charge is 0.306 e. The van der Waals surface area contributed by atoms with E-state index in [2.05, 4.69) is 0 Å². The molecule has 0 aromatic carbocycles. The number of carbonyl (C=O) groups is 2. The van der Waals surface area contributed by atoms with E-state index < -0.39 is 11.9 Å². The van der Waals surface area contributed by atoms with E-state index in [0.717, 1.165) is 6.42 Å². The quantitative estimate of drug-likeness (QED) is 0.714. The van der Waals surface area contributed by atoms with Gasteiger partial charge in [-0.05, 0) is 6.42 Å². The minimum Gasteiger partial charge on any atom is -0.481 e. The van der Waals surface area contributed by atoms with E-state index in [4.69, 9.17) is 5.11 Å². The average molecular weight is 186 g/mol. The van der Waals surface area contributed by atoms with Crippen molar-refractivity contribution in [1.29, 1.82) is 0 Å². The van der Waals surface area contributed by atoms with E-state index in [0.29, 0.717) is 0 Å². The fourth-order valence-corrected chi connectivity index (χ4v) is 1.11. The van der Waals surface area contributed by atoms with Gasteiger partial charge in [-0.25, -0.2) is 0 Å². The molecule has 0 aliphatic heterocycles. The molecule has 0 aliphatic rings. The van der Waals surface area contributed by atoms with E-state index in [1.807, 2.05) is 13.8 Å². The van der Waals surface area contributed by atoms with Crippen LogP contribution in [0.25, 0.3) is 0 Å². The van der Waals surface area contributed by atoms with Crippen molar-refractivity contribution in [1.82, 2.24) is 0 Å². The molecule has 0 rings (SSSR count). The van der Waals surface area contributed by atoms with Crippen molar-refractivity contribution in [2.75, 3.05) is 0 Å². The van der Waals surface area contributed by atoms with Gasteiger partial charge in [0.15, 0.2) is 0 Å². The van der Waals surface area contributed by atoms with Crippen LogP contribution in [-0.4, -0.2) is 16.9 Å². The Balaban J connectivity index is 4.33. The Morgan fingerprint density at radius 1 is 1.15 bits per heavy atom. The first kappa shape index (κ1) is 12.1. The molecule has 3 atom stereocenters. The number of rotatable bonds is 5. The fourth-order valence-electron chi connectivity index (χ4n) is 1.11. The third kappa shape index (κ3) is 3.17. The van der Waals surface area contributed by atoms with Crippen LogP contribution in [-0.2, 0) is 9.59 Å². The molecular weight excluding hydrogens is 168 g/mol. The molecule has 0 spiro atoms. The van der Waals surface area contributed by atoms with Crippen LogP contribution < -0.4 is 0 Å². The lowest BCUT2D eigenvalue weighted by Crippen LogP contribution is -2.28. The zero-order valence-corrected chi connectivity index (χ0v) is 8.70. The largest absolute Gasteiger partial charge is 0.481 e. The van der Waals surface area contributed by atoms with Gasteiger partial charge in [0.05, 0.1) is 5.92 Å². The third-order valence-corrected chi connectivity index (χ3v) is 2.69. The maximum Gasteiger partial charge on any atom is 0.306 e. The highest BCUT2D eigenvalue weighted by Crippen LogP contribution is 2.18. The standard InChI is InChI=1S/C10H18O3/c1-5-6(2)9(11)7(3)8(4)10(12)13/h6-8H,5H2,1-4H3,(H,12,13). The highest BCUT2D eigenvalue weighted by atomic mass is 16.4. The molecule has 0 fully saturated rings. The molecule has 0 heterocycles. The van der Waals surface area contributed by atoms with Crippen LogP contribution in [0.1, 0.15) is 34.1 Å². The van der Waals surface area contributed by atoms with Crippen molar-refractivity contribution in [2.24, 2.45) is 17.8 Å². The molecule has 1 N–H and O–H groups in total. The zero-order valence-electron chi connectivity index (χ0n) is 8.70. The van der Waals surface area contributed by atoms with E-state index >= 15 is 0 Å². The SMILES string of the molecule is CCC(C)C(=O)C(C)C(C)C(=O)O. The first-order chi connectivity index (χ1) is 5.91. The van der Waals surface area contributed by atoms with Gasteiger partial charge >= 0.3 is 5.97 Å². The number of carbonyl (C=O) groups excluding carboxylic acids is 1. The fraction of sp³-hybridized carbons (Fsp3) is 0.800. The van der Waals surface area contributed by atoms with Gasteiger partial charge in [0.1, 0.15) is 5.78 Å². The van der Waals surface area contributed by atoms with Crippen LogP contribution in [0.3, 0.4) is 0 Å². The number of hydrogen-bond donors (Lipinski definition) is 1. The van der Waals surface area contributed by atoms with Crippen molar-refractivity contribution in [3.8, 4) is 0 Å². The predicted octanol–water partition coefficient (Wildman–Crippen LogP) is 1.96. The summed E-state index contributed by atoms with van der Waals surface area (Å²) < 4.78 is 0. The lowest BCUT2D eigenvalue weighted by Gasteiger charge is -2.17. The van der Waals surface area contributed by atoms with E-state index in [1.165, 1.54) is 0 Å². The summed E-state index contributed by atoms with van der Waals surface area (Å²) in [4.78, 5) is 22.2. The van der Waals surface area contributed by atoms with E-state index in [1.54, 1.807) is 13.8 Å². The summed E-state index contributed by atoms with van der Waals surface area (Å²) in [6.45, 7) is 7.04. The topological polar surface area (TPSA) is 54.4 Å². The van der Waals surface area contributed by atoms with Crippen LogP contribution in [0.4, 0.5) is 0 Å². The summed E-state index contributed by atoms with van der Waals surface area (Å²) in [5, 5.41) is 8.70. The maximum absolute atomic E-state index is 11.6. The molecule has 3 nitrogen and oxygen atoms in total. The highest BCUT2D eigenvalue weighted by Gasteiger charge is 2.27. The molecule has 13 heavy (non-hydrogen) atoms. The predicted molar refractivity (Wildman–Crippen MR) is 50.4 cm³/mol. The summed E-state index contributed by atoms with van der Waals surface area (Å²) in [5.41, 5.74) is 0. The van der Waals surface area contributed by atoms with Crippen molar-refractivity contribution >= 4 is 11.8 Å². The third-order valence-electron chi connectivity index (χ3n) is 2.69. The van der Waals surface area contributed by atoms with Gasteiger partial charge in [-0.2, -0.15) is 0 Å². The Hall–Kier alpha value is -0.860. The second kappa shape index (κ2) is 5.00. The number of Topliss-reactive ketones (excluding diaryl/α,β-unsaturated/α-hetero) is 1. The van der Waals surface area contributed by atoms with Gasteiger partial charge in [-0.3, -0.25) is 9.59 Å². The second-order valence-corrected chi connectivity index (χ2v) is 3.63. The summed E-state index contributed by atoms with van der Waals surface area (Å²) in [7, 11) is 0. The van der Waals surface area contributed by atoms with Crippen LogP contribution in [0.5, 0.6) is 0 Å². The number of carboxylic acids is 1. The van der Waals surface area contributed by atoms with Crippen LogP contribution in [0, 0.1) is 17.8 Å². The average Bonchev–Trinajstić information content (AvgIpc) is 2.12. The molecule has 0 radical (unpaired) electrons. The monoisotopic (exact) mass is 186 g/mol. The zero-order chi connectivity index (χ0) is 10.6. The Bertz CT molecular complexity index is 198. The molecule has 3 unspecified atom stereocenters. The van der Waals surface area contributed by atoms with Crippen molar-refractivity contribution < 1.29 is 14.7 Å². The molecule has 0 saturated heterocycles. The van der Waals surface area contributed by atoms with Crippen molar-refractivity contribution in [3.05, 3.63) is 0 Å².